The second kappa shape index (κ2) is 10.1. The molecule has 0 amide bonds. The summed E-state index contributed by atoms with van der Waals surface area (Å²) in [6.45, 7) is -1.04. The van der Waals surface area contributed by atoms with E-state index >= 15 is 0 Å². The molecule has 32 heavy (non-hydrogen) atoms. The highest BCUT2D eigenvalue weighted by Gasteiger charge is 2.37. The van der Waals surface area contributed by atoms with Gasteiger partial charge in [-0.3, -0.25) is 5.41 Å². The van der Waals surface area contributed by atoms with Crippen molar-refractivity contribution in [3.63, 3.8) is 0 Å². The van der Waals surface area contributed by atoms with Crippen LogP contribution in [0.5, 0.6) is 5.75 Å². The molecule has 2 aromatic rings. The van der Waals surface area contributed by atoms with Crippen LogP contribution in [-0.4, -0.2) is 29.7 Å². The number of nitrogens with one attached hydrogen (secondary N) is 2. The number of nitrogens with zero attached hydrogens (tertiary/aromatic N) is 2. The number of rotatable bonds is 8. The summed E-state index contributed by atoms with van der Waals surface area (Å²) in [4.78, 5) is 0. The van der Waals surface area contributed by atoms with Gasteiger partial charge in [-0.15, -0.1) is 0 Å². The number of hydrazone groups is 1. The molecule has 0 aromatic heterocycles. The summed E-state index contributed by atoms with van der Waals surface area (Å²) in [6.07, 6.45) is -9.71. The molecule has 0 heterocycles. The minimum atomic E-state index is -4.88. The monoisotopic (exact) mass is 458 g/mol. The minimum absolute atomic E-state index is 0.0198. The summed E-state index contributed by atoms with van der Waals surface area (Å²) in [5.74, 6) is -0.0198. The van der Waals surface area contributed by atoms with E-state index in [0.717, 1.165) is 0 Å². The first-order valence-corrected chi connectivity index (χ1v) is 8.88. The molecule has 0 atom stereocenters. The predicted molar refractivity (Wildman–Crippen MR) is 102 cm³/mol. The maximum atomic E-state index is 13.2. The van der Waals surface area contributed by atoms with Gasteiger partial charge in [0.1, 0.15) is 24.1 Å². The van der Waals surface area contributed by atoms with E-state index < -0.39 is 41.4 Å². The van der Waals surface area contributed by atoms with Gasteiger partial charge in [-0.05, 0) is 30.3 Å². The third kappa shape index (κ3) is 6.45. The van der Waals surface area contributed by atoms with E-state index in [9.17, 15) is 26.3 Å². The van der Waals surface area contributed by atoms with E-state index in [1.165, 1.54) is 24.3 Å². The van der Waals surface area contributed by atoms with Gasteiger partial charge in [-0.2, -0.15) is 36.7 Å². The third-order valence-electron chi connectivity index (χ3n) is 4.00. The van der Waals surface area contributed by atoms with Crippen LogP contribution in [0.2, 0.25) is 0 Å². The molecule has 2 rings (SSSR count). The van der Waals surface area contributed by atoms with Crippen molar-refractivity contribution in [1.29, 1.82) is 10.7 Å². The second-order valence-electron chi connectivity index (χ2n) is 6.26. The van der Waals surface area contributed by atoms with Crippen molar-refractivity contribution < 1.29 is 36.2 Å². The van der Waals surface area contributed by atoms with Crippen LogP contribution in [0.1, 0.15) is 22.3 Å². The lowest BCUT2D eigenvalue weighted by Crippen LogP contribution is -2.20. The number of aliphatic hydroxyl groups excluding tert-OH is 1. The average Bonchev–Trinajstić information content (AvgIpc) is 2.73. The van der Waals surface area contributed by atoms with Crippen LogP contribution in [0.4, 0.5) is 26.3 Å². The first-order chi connectivity index (χ1) is 15.0. The van der Waals surface area contributed by atoms with Crippen LogP contribution in [0.15, 0.2) is 47.6 Å². The van der Waals surface area contributed by atoms with Gasteiger partial charge in [0, 0.05) is 11.1 Å². The number of hydrogen-bond donors (Lipinski definition) is 3. The summed E-state index contributed by atoms with van der Waals surface area (Å²) < 4.78 is 83.7. The van der Waals surface area contributed by atoms with Gasteiger partial charge in [-0.1, -0.05) is 12.1 Å². The van der Waals surface area contributed by atoms with Gasteiger partial charge in [0.15, 0.2) is 5.71 Å². The van der Waals surface area contributed by atoms with E-state index in [0.29, 0.717) is 18.2 Å². The standard InChI is InChI=1S/C20H16F6N4O2/c21-19(22,23)14-4-5-16(20(24,25)26)13(8-14)11-32-15-3-1-2-12(9-15)18(17(28)10-27)30-29-6-7-31/h1-5,8-9,28-29,31H,6-7,11H2/b28-17?,30-18-. The number of benzene rings is 2. The van der Waals surface area contributed by atoms with Crippen LogP contribution >= 0.6 is 0 Å². The number of ether oxygens (including phenoxy) is 1. The Morgan fingerprint density at radius 1 is 1.09 bits per heavy atom. The smallest absolute Gasteiger partial charge is 0.416 e. The second-order valence-corrected chi connectivity index (χ2v) is 6.26. The van der Waals surface area contributed by atoms with Crippen molar-refractivity contribution >= 4 is 11.4 Å². The summed E-state index contributed by atoms with van der Waals surface area (Å²) >= 11 is 0. The first-order valence-electron chi connectivity index (χ1n) is 8.88. The highest BCUT2D eigenvalue weighted by molar-refractivity contribution is 6.52. The van der Waals surface area contributed by atoms with Gasteiger partial charge >= 0.3 is 12.4 Å². The number of aliphatic hydroxyl groups is 1. The zero-order chi connectivity index (χ0) is 23.9. The highest BCUT2D eigenvalue weighted by Crippen LogP contribution is 2.37. The fourth-order valence-electron chi connectivity index (χ4n) is 2.56. The molecule has 0 bridgehead atoms. The van der Waals surface area contributed by atoms with Crippen molar-refractivity contribution in [1.82, 2.24) is 5.43 Å². The zero-order valence-electron chi connectivity index (χ0n) is 16.2. The SMILES string of the molecule is N#CC(=N)/C(=N\NCCO)c1cccc(OCc2cc(C(F)(F)F)ccc2C(F)(F)F)c1. The van der Waals surface area contributed by atoms with Gasteiger partial charge in [0.05, 0.1) is 24.3 Å². The van der Waals surface area contributed by atoms with Crippen LogP contribution in [0, 0.1) is 16.7 Å². The van der Waals surface area contributed by atoms with E-state index in [2.05, 4.69) is 10.5 Å². The molecule has 0 fully saturated rings. The van der Waals surface area contributed by atoms with Crippen LogP contribution in [0.25, 0.3) is 0 Å². The van der Waals surface area contributed by atoms with Crippen molar-refractivity contribution in [2.75, 3.05) is 13.2 Å². The Kier molecular flexibility index (Phi) is 7.82. The third-order valence-corrected chi connectivity index (χ3v) is 4.00. The highest BCUT2D eigenvalue weighted by atomic mass is 19.4. The molecular formula is C20H16F6N4O2. The molecular weight excluding hydrogens is 442 g/mol. The van der Waals surface area contributed by atoms with Crippen molar-refractivity contribution in [2.45, 2.75) is 19.0 Å². The molecule has 170 valence electrons. The summed E-state index contributed by atoms with van der Waals surface area (Å²) in [5, 5.41) is 29.3. The van der Waals surface area contributed by atoms with Gasteiger partial charge in [-0.25, -0.2) is 0 Å². The van der Waals surface area contributed by atoms with E-state index in [1.54, 1.807) is 6.07 Å². The van der Waals surface area contributed by atoms with Crippen molar-refractivity contribution in [2.24, 2.45) is 5.10 Å². The topological polar surface area (TPSA) is 101 Å². The first kappa shape index (κ1) is 24.7. The van der Waals surface area contributed by atoms with E-state index in [-0.39, 0.29) is 30.2 Å². The molecule has 0 saturated carbocycles. The summed E-state index contributed by atoms with van der Waals surface area (Å²) in [5.41, 5.74) is -1.24. The van der Waals surface area contributed by atoms with E-state index in [1.807, 2.05) is 0 Å². The molecule has 0 spiro atoms. The van der Waals surface area contributed by atoms with Crippen LogP contribution < -0.4 is 10.2 Å². The lowest BCUT2D eigenvalue weighted by Gasteiger charge is -2.16. The largest absolute Gasteiger partial charge is 0.489 e. The van der Waals surface area contributed by atoms with E-state index in [4.69, 9.17) is 20.5 Å². The van der Waals surface area contributed by atoms with Crippen molar-refractivity contribution in [3.05, 3.63) is 64.7 Å². The van der Waals surface area contributed by atoms with Crippen LogP contribution in [-0.2, 0) is 19.0 Å². The maximum Gasteiger partial charge on any atom is 0.416 e. The lowest BCUT2D eigenvalue weighted by molar-refractivity contribution is -0.142. The number of nitriles is 1. The van der Waals surface area contributed by atoms with Gasteiger partial charge in [0.2, 0.25) is 0 Å². The Morgan fingerprint density at radius 2 is 1.81 bits per heavy atom. The molecule has 3 N–H and O–H groups in total. The fraction of sp³-hybridized carbons (Fsp3) is 0.250. The molecule has 0 saturated heterocycles. The number of hydrogen-bond acceptors (Lipinski definition) is 6. The Bertz CT molecular complexity index is 1040. The molecule has 6 nitrogen and oxygen atoms in total. The van der Waals surface area contributed by atoms with Crippen molar-refractivity contribution in [3.8, 4) is 11.8 Å². The Hall–Kier alpha value is -3.59. The summed E-state index contributed by atoms with van der Waals surface area (Å²) in [7, 11) is 0. The molecule has 2 aromatic carbocycles. The minimum Gasteiger partial charge on any atom is -0.489 e. The Morgan fingerprint density at radius 3 is 2.41 bits per heavy atom. The normalized spacial score (nSPS) is 12.2. The molecule has 0 aliphatic carbocycles. The number of halogens is 6. The fourth-order valence-corrected chi connectivity index (χ4v) is 2.56. The molecule has 0 aliphatic rings. The Labute approximate surface area is 178 Å². The van der Waals surface area contributed by atoms with Crippen LogP contribution in [0.3, 0.4) is 0 Å². The average molecular weight is 458 g/mol. The van der Waals surface area contributed by atoms with Gasteiger partial charge < -0.3 is 15.3 Å². The predicted octanol–water partition coefficient (Wildman–Crippen LogP) is 4.13. The molecule has 12 heteroatoms. The molecule has 0 unspecified atom stereocenters. The number of alkyl halides is 6. The Balaban J connectivity index is 2.34. The van der Waals surface area contributed by atoms with Gasteiger partial charge in [0.25, 0.3) is 0 Å². The quantitative estimate of drug-likeness (QED) is 0.240. The summed E-state index contributed by atoms with van der Waals surface area (Å²) in [6, 6.07) is 8.14. The molecule has 0 aliphatic heterocycles. The maximum absolute atomic E-state index is 13.2. The lowest BCUT2D eigenvalue weighted by atomic mass is 10.0. The molecule has 0 radical (unpaired) electrons. The zero-order valence-corrected chi connectivity index (χ0v) is 16.2.